The number of amides is 4. The summed E-state index contributed by atoms with van der Waals surface area (Å²) in [4.78, 5) is 61.8. The second kappa shape index (κ2) is 8.54. The minimum Gasteiger partial charge on any atom is -0.295 e. The topological polar surface area (TPSA) is 98.5 Å². The lowest BCUT2D eigenvalue weighted by atomic mass is 10.3. The lowest BCUT2D eigenvalue weighted by molar-refractivity contribution is -0.144. The average Bonchev–Trinajstić information content (AvgIpc) is 3.51. The van der Waals surface area contributed by atoms with Crippen LogP contribution in [0.2, 0.25) is 0 Å². The van der Waals surface area contributed by atoms with E-state index in [1.165, 1.54) is 27.1 Å². The Hall–Kier alpha value is -2.93. The highest BCUT2D eigenvalue weighted by Crippen LogP contribution is 2.19. The van der Waals surface area contributed by atoms with Gasteiger partial charge < -0.3 is 0 Å². The Labute approximate surface area is 190 Å². The standard InChI is InChI=1S/C20H20N6O4S2/c27-16-10-14(21-19-24(16)7-9-32-19)11-22-3-5-23(6-4-22)13-26-18(29)17(28)25(20(26)30)12-15-2-1-8-31-15/h1-2,7-10H,3-6,11-13H2. The molecule has 12 heteroatoms. The summed E-state index contributed by atoms with van der Waals surface area (Å²) in [7, 11) is 0. The van der Waals surface area contributed by atoms with Crippen LogP contribution in [0.3, 0.4) is 0 Å². The van der Waals surface area contributed by atoms with Gasteiger partial charge in [-0.15, -0.1) is 22.7 Å². The van der Waals surface area contributed by atoms with E-state index in [0.29, 0.717) is 37.7 Å². The van der Waals surface area contributed by atoms with E-state index < -0.39 is 17.8 Å². The maximum atomic E-state index is 12.7. The van der Waals surface area contributed by atoms with Gasteiger partial charge >= 0.3 is 17.8 Å². The van der Waals surface area contributed by atoms with Crippen molar-refractivity contribution in [1.82, 2.24) is 29.0 Å². The van der Waals surface area contributed by atoms with E-state index in [1.807, 2.05) is 27.8 Å². The number of piperazine rings is 1. The van der Waals surface area contributed by atoms with Crippen molar-refractivity contribution in [2.45, 2.75) is 13.1 Å². The van der Waals surface area contributed by atoms with E-state index in [-0.39, 0.29) is 18.8 Å². The van der Waals surface area contributed by atoms with Gasteiger partial charge in [0, 0.05) is 55.2 Å². The van der Waals surface area contributed by atoms with Crippen LogP contribution < -0.4 is 5.56 Å². The summed E-state index contributed by atoms with van der Waals surface area (Å²) in [5, 5.41) is 3.70. The molecule has 0 aliphatic carbocycles. The van der Waals surface area contributed by atoms with E-state index in [2.05, 4.69) is 9.88 Å². The Kier molecular flexibility index (Phi) is 5.59. The molecule has 2 saturated heterocycles. The molecular formula is C20H20N6O4S2. The largest absolute Gasteiger partial charge is 0.335 e. The van der Waals surface area contributed by atoms with Crippen LogP contribution in [0, 0.1) is 0 Å². The highest BCUT2D eigenvalue weighted by molar-refractivity contribution is 7.15. The highest BCUT2D eigenvalue weighted by Gasteiger charge is 2.45. The van der Waals surface area contributed by atoms with Gasteiger partial charge in [0.05, 0.1) is 18.9 Å². The van der Waals surface area contributed by atoms with Gasteiger partial charge in [-0.3, -0.25) is 33.5 Å². The highest BCUT2D eigenvalue weighted by atomic mass is 32.1. The Morgan fingerprint density at radius 2 is 1.62 bits per heavy atom. The number of hydrogen-bond donors (Lipinski definition) is 0. The zero-order valence-electron chi connectivity index (χ0n) is 17.0. The molecule has 2 aliphatic rings. The number of thiazole rings is 1. The van der Waals surface area contributed by atoms with Crippen LogP contribution in [0.4, 0.5) is 4.79 Å². The normalized spacial score (nSPS) is 18.4. The molecule has 0 bridgehead atoms. The third kappa shape index (κ3) is 3.97. The fraction of sp³-hybridized carbons (Fsp3) is 0.350. The number of thiophene rings is 1. The molecule has 0 aromatic carbocycles. The van der Waals surface area contributed by atoms with Gasteiger partial charge in [-0.25, -0.2) is 14.7 Å². The zero-order chi connectivity index (χ0) is 22.2. The molecule has 32 heavy (non-hydrogen) atoms. The van der Waals surface area contributed by atoms with Gasteiger partial charge in [0.15, 0.2) is 4.96 Å². The van der Waals surface area contributed by atoms with Crippen molar-refractivity contribution in [1.29, 1.82) is 0 Å². The second-order valence-corrected chi connectivity index (χ2v) is 9.57. The molecule has 10 nitrogen and oxygen atoms in total. The van der Waals surface area contributed by atoms with Crippen LogP contribution in [0.5, 0.6) is 0 Å². The maximum absolute atomic E-state index is 12.7. The van der Waals surface area contributed by atoms with Crippen molar-refractivity contribution in [3.05, 3.63) is 56.1 Å². The van der Waals surface area contributed by atoms with Crippen LogP contribution in [0.1, 0.15) is 10.6 Å². The fourth-order valence-electron chi connectivity index (χ4n) is 3.86. The number of hydrogen-bond acceptors (Lipinski definition) is 9. The fourth-order valence-corrected chi connectivity index (χ4v) is 5.29. The monoisotopic (exact) mass is 472 g/mol. The lowest BCUT2D eigenvalue weighted by Crippen LogP contribution is -2.51. The predicted octanol–water partition coefficient (Wildman–Crippen LogP) is 0.884. The lowest BCUT2D eigenvalue weighted by Gasteiger charge is -2.35. The summed E-state index contributed by atoms with van der Waals surface area (Å²) in [6, 6.07) is 4.66. The molecule has 0 atom stereocenters. The molecule has 4 amide bonds. The van der Waals surface area contributed by atoms with Gasteiger partial charge in [0.2, 0.25) is 0 Å². The number of aromatic nitrogens is 2. The summed E-state index contributed by atoms with van der Waals surface area (Å²) >= 11 is 2.86. The summed E-state index contributed by atoms with van der Waals surface area (Å²) < 4.78 is 1.53. The number of nitrogens with zero attached hydrogens (tertiary/aromatic N) is 6. The minimum absolute atomic E-state index is 0.0901. The molecule has 0 N–H and O–H groups in total. The van der Waals surface area contributed by atoms with E-state index in [0.717, 1.165) is 20.4 Å². The first kappa shape index (κ1) is 20.9. The molecule has 3 aromatic rings. The van der Waals surface area contributed by atoms with Crippen LogP contribution in [-0.4, -0.2) is 79.7 Å². The third-order valence-corrected chi connectivity index (χ3v) is 7.20. The van der Waals surface area contributed by atoms with Crippen molar-refractivity contribution >= 4 is 45.5 Å². The first-order valence-electron chi connectivity index (χ1n) is 10.1. The van der Waals surface area contributed by atoms with Crippen molar-refractivity contribution in [3.8, 4) is 0 Å². The maximum Gasteiger partial charge on any atom is 0.335 e. The quantitative estimate of drug-likeness (QED) is 0.388. The third-order valence-electron chi connectivity index (χ3n) is 5.58. The summed E-state index contributed by atoms with van der Waals surface area (Å²) in [6.07, 6.45) is 1.71. The smallest absolute Gasteiger partial charge is 0.295 e. The van der Waals surface area contributed by atoms with Crippen LogP contribution in [0.15, 0.2) is 40.0 Å². The molecule has 3 aromatic heterocycles. The van der Waals surface area contributed by atoms with Gasteiger partial charge in [-0.05, 0) is 11.4 Å². The van der Waals surface area contributed by atoms with E-state index >= 15 is 0 Å². The number of carbonyl (C=O) groups is 3. The average molecular weight is 473 g/mol. The molecule has 0 unspecified atom stereocenters. The molecular weight excluding hydrogens is 452 g/mol. The predicted molar refractivity (Wildman–Crippen MR) is 118 cm³/mol. The van der Waals surface area contributed by atoms with Crippen molar-refractivity contribution < 1.29 is 14.4 Å². The van der Waals surface area contributed by atoms with Gasteiger partial charge in [0.1, 0.15) is 0 Å². The van der Waals surface area contributed by atoms with Crippen molar-refractivity contribution in [2.75, 3.05) is 32.8 Å². The molecule has 2 fully saturated rings. The second-order valence-electron chi connectivity index (χ2n) is 7.66. The Morgan fingerprint density at radius 1 is 0.875 bits per heavy atom. The SMILES string of the molecule is O=C1C(=O)N(CN2CCN(Cc3cc(=O)n4ccsc4n3)CC2)C(=O)N1Cc1cccs1. The first-order chi connectivity index (χ1) is 15.5. The number of rotatable bonds is 6. The van der Waals surface area contributed by atoms with Gasteiger partial charge in [0.25, 0.3) is 5.56 Å². The van der Waals surface area contributed by atoms with Crippen LogP contribution in [0.25, 0.3) is 4.96 Å². The summed E-state index contributed by atoms with van der Waals surface area (Å²) in [5.41, 5.74) is 0.637. The molecule has 166 valence electrons. The van der Waals surface area contributed by atoms with Gasteiger partial charge in [-0.2, -0.15) is 0 Å². The number of urea groups is 1. The number of carbonyl (C=O) groups excluding carboxylic acids is 3. The van der Waals surface area contributed by atoms with Crippen LogP contribution in [-0.2, 0) is 22.7 Å². The summed E-state index contributed by atoms with van der Waals surface area (Å²) in [5.74, 6) is -1.55. The van der Waals surface area contributed by atoms with Gasteiger partial charge in [-0.1, -0.05) is 6.07 Å². The Morgan fingerprint density at radius 3 is 2.38 bits per heavy atom. The van der Waals surface area contributed by atoms with Crippen LogP contribution >= 0.6 is 22.7 Å². The molecule has 2 aliphatic heterocycles. The van der Waals surface area contributed by atoms with Crippen molar-refractivity contribution in [3.63, 3.8) is 0 Å². The molecule has 5 rings (SSSR count). The molecule has 0 saturated carbocycles. The molecule has 0 radical (unpaired) electrons. The summed E-state index contributed by atoms with van der Waals surface area (Å²) in [6.45, 7) is 3.45. The molecule has 5 heterocycles. The van der Waals surface area contributed by atoms with E-state index in [4.69, 9.17) is 0 Å². The van der Waals surface area contributed by atoms with E-state index in [1.54, 1.807) is 12.3 Å². The number of fused-ring (bicyclic) bond motifs is 1. The first-order valence-corrected chi connectivity index (χ1v) is 11.9. The van der Waals surface area contributed by atoms with E-state index in [9.17, 15) is 19.2 Å². The Balaban J connectivity index is 1.17. The Bertz CT molecular complexity index is 1230. The van der Waals surface area contributed by atoms with Crippen molar-refractivity contribution in [2.24, 2.45) is 0 Å². The molecule has 0 spiro atoms. The zero-order valence-corrected chi connectivity index (χ0v) is 18.7. The number of imide groups is 2. The minimum atomic E-state index is -0.775.